The number of nitrogens with zero attached hydrogens (tertiary/aromatic N) is 4. The second-order valence-electron chi connectivity index (χ2n) is 4.07. The highest BCUT2D eigenvalue weighted by atomic mass is 16.2. The number of hydrogen-bond donors (Lipinski definition) is 0. The number of aromatic nitrogens is 4. The molecule has 0 amide bonds. The highest BCUT2D eigenvalue weighted by Crippen LogP contribution is 1.97. The molecule has 96 valence electrons. The van der Waals surface area contributed by atoms with Gasteiger partial charge in [0.2, 0.25) is 0 Å². The van der Waals surface area contributed by atoms with Crippen molar-refractivity contribution in [3.8, 4) is 0 Å². The molecule has 0 aliphatic heterocycles. The Labute approximate surface area is 104 Å². The molecule has 0 aliphatic carbocycles. The molecule has 0 radical (unpaired) electrons. The van der Waals surface area contributed by atoms with Crippen molar-refractivity contribution >= 4 is 0 Å². The molecule has 0 N–H and O–H groups in total. The van der Waals surface area contributed by atoms with Crippen molar-refractivity contribution in [3.63, 3.8) is 0 Å². The Kier molecular flexibility index (Phi) is 3.45. The van der Waals surface area contributed by atoms with Crippen molar-refractivity contribution < 1.29 is 0 Å². The first-order chi connectivity index (χ1) is 8.63. The van der Waals surface area contributed by atoms with Crippen LogP contribution in [0.4, 0.5) is 0 Å². The van der Waals surface area contributed by atoms with E-state index >= 15 is 0 Å². The Morgan fingerprint density at radius 2 is 2.06 bits per heavy atom. The average Bonchev–Trinajstić information content (AvgIpc) is 2.75. The summed E-state index contributed by atoms with van der Waals surface area (Å²) in [6.07, 6.45) is 3.85. The van der Waals surface area contributed by atoms with Crippen LogP contribution in [0.25, 0.3) is 0 Å². The Balaban J connectivity index is 2.27. The summed E-state index contributed by atoms with van der Waals surface area (Å²) >= 11 is 0. The van der Waals surface area contributed by atoms with E-state index in [1.54, 1.807) is 10.9 Å². The quantitative estimate of drug-likeness (QED) is 0.765. The van der Waals surface area contributed by atoms with Crippen molar-refractivity contribution in [1.82, 2.24) is 18.9 Å². The van der Waals surface area contributed by atoms with E-state index in [4.69, 9.17) is 0 Å². The number of aryl methyl sites for hydroxylation is 3. The minimum atomic E-state index is -0.258. The molecule has 0 aliphatic rings. The first-order valence-electron chi connectivity index (χ1n) is 5.90. The second-order valence-corrected chi connectivity index (χ2v) is 4.07. The number of hydrogen-bond acceptors (Lipinski definition) is 3. The molecule has 0 bridgehead atoms. The van der Waals surface area contributed by atoms with Crippen LogP contribution in [0, 0.1) is 0 Å². The van der Waals surface area contributed by atoms with Crippen LogP contribution in [0.2, 0.25) is 0 Å². The van der Waals surface area contributed by atoms with Gasteiger partial charge in [0.1, 0.15) is 0 Å². The maximum absolute atomic E-state index is 12.0. The summed E-state index contributed by atoms with van der Waals surface area (Å²) in [4.78, 5) is 23.6. The van der Waals surface area contributed by atoms with Crippen molar-refractivity contribution in [3.05, 3.63) is 51.1 Å². The molecule has 2 rings (SSSR count). The van der Waals surface area contributed by atoms with Crippen LogP contribution in [0.15, 0.2) is 34.1 Å². The van der Waals surface area contributed by atoms with Gasteiger partial charge in [0.15, 0.2) is 0 Å². The van der Waals surface area contributed by atoms with Gasteiger partial charge in [-0.2, -0.15) is 5.10 Å². The van der Waals surface area contributed by atoms with E-state index in [0.717, 1.165) is 5.69 Å². The zero-order valence-electron chi connectivity index (χ0n) is 10.5. The molecular formula is C12H16N4O2. The van der Waals surface area contributed by atoms with Gasteiger partial charge in [0.25, 0.3) is 5.56 Å². The van der Waals surface area contributed by atoms with Crippen LogP contribution >= 0.6 is 0 Å². The van der Waals surface area contributed by atoms with E-state index in [0.29, 0.717) is 19.5 Å². The maximum atomic E-state index is 12.0. The third-order valence-corrected chi connectivity index (χ3v) is 2.99. The van der Waals surface area contributed by atoms with E-state index in [9.17, 15) is 9.59 Å². The Morgan fingerprint density at radius 1 is 1.28 bits per heavy atom. The second kappa shape index (κ2) is 5.03. The lowest BCUT2D eigenvalue weighted by Crippen LogP contribution is -2.39. The molecule has 0 saturated carbocycles. The Morgan fingerprint density at radius 3 is 2.67 bits per heavy atom. The topological polar surface area (TPSA) is 61.8 Å². The van der Waals surface area contributed by atoms with Crippen LogP contribution in [-0.2, 0) is 26.6 Å². The standard InChI is InChI=1S/C12H16N4O2/c1-3-15-8-6-11(17)16(12(15)18)9-5-10-4-7-13-14(10)2/h4,6-8H,3,5,9H2,1-2H3. The van der Waals surface area contributed by atoms with Crippen molar-refractivity contribution in [2.24, 2.45) is 7.05 Å². The normalized spacial score (nSPS) is 10.8. The fraction of sp³-hybridized carbons (Fsp3) is 0.417. The van der Waals surface area contributed by atoms with E-state index < -0.39 is 0 Å². The summed E-state index contributed by atoms with van der Waals surface area (Å²) in [6, 6.07) is 3.31. The molecule has 0 aromatic carbocycles. The molecule has 0 fully saturated rings. The monoisotopic (exact) mass is 248 g/mol. The molecule has 18 heavy (non-hydrogen) atoms. The van der Waals surface area contributed by atoms with Gasteiger partial charge in [-0.05, 0) is 13.0 Å². The summed E-state index contributed by atoms with van der Waals surface area (Å²) < 4.78 is 4.52. The molecule has 6 nitrogen and oxygen atoms in total. The smallest absolute Gasteiger partial charge is 0.301 e. The van der Waals surface area contributed by atoms with Gasteiger partial charge < -0.3 is 4.57 Å². The maximum Gasteiger partial charge on any atom is 0.330 e. The lowest BCUT2D eigenvalue weighted by atomic mass is 10.3. The zero-order chi connectivity index (χ0) is 13.1. The van der Waals surface area contributed by atoms with Gasteiger partial charge in [-0.25, -0.2) is 4.79 Å². The highest BCUT2D eigenvalue weighted by molar-refractivity contribution is 5.00. The van der Waals surface area contributed by atoms with Gasteiger partial charge >= 0.3 is 5.69 Å². The van der Waals surface area contributed by atoms with E-state index in [1.807, 2.05) is 20.0 Å². The largest absolute Gasteiger partial charge is 0.330 e. The molecule has 0 spiro atoms. The number of rotatable bonds is 4. The third kappa shape index (κ3) is 2.27. The van der Waals surface area contributed by atoms with Gasteiger partial charge in [-0.3, -0.25) is 14.0 Å². The van der Waals surface area contributed by atoms with Crippen molar-refractivity contribution in [1.29, 1.82) is 0 Å². The lowest BCUT2D eigenvalue weighted by molar-refractivity contribution is 0.551. The van der Waals surface area contributed by atoms with Crippen LogP contribution in [0.3, 0.4) is 0 Å². The van der Waals surface area contributed by atoms with Crippen LogP contribution in [0.1, 0.15) is 12.6 Å². The first kappa shape index (κ1) is 12.3. The molecule has 0 saturated heterocycles. The molecule has 2 aromatic rings. The molecule has 2 heterocycles. The van der Waals surface area contributed by atoms with Gasteiger partial charge in [0.05, 0.1) is 0 Å². The molecule has 6 heteroatoms. The third-order valence-electron chi connectivity index (χ3n) is 2.99. The van der Waals surface area contributed by atoms with Crippen molar-refractivity contribution in [2.75, 3.05) is 0 Å². The van der Waals surface area contributed by atoms with E-state index in [-0.39, 0.29) is 11.2 Å². The van der Waals surface area contributed by atoms with Crippen LogP contribution in [0.5, 0.6) is 0 Å². The fourth-order valence-electron chi connectivity index (χ4n) is 1.88. The van der Waals surface area contributed by atoms with Crippen LogP contribution in [-0.4, -0.2) is 18.9 Å². The average molecular weight is 248 g/mol. The van der Waals surface area contributed by atoms with Gasteiger partial charge in [0, 0.05) is 50.7 Å². The van der Waals surface area contributed by atoms with E-state index in [2.05, 4.69) is 5.10 Å². The summed E-state index contributed by atoms with van der Waals surface area (Å²) in [5.41, 5.74) is 0.479. The zero-order valence-corrected chi connectivity index (χ0v) is 10.5. The summed E-state index contributed by atoms with van der Waals surface area (Å²) in [6.45, 7) is 2.81. The highest BCUT2D eigenvalue weighted by Gasteiger charge is 2.05. The minimum absolute atomic E-state index is 0.257. The van der Waals surface area contributed by atoms with Gasteiger partial charge in [-0.1, -0.05) is 0 Å². The summed E-state index contributed by atoms with van der Waals surface area (Å²) in [5.74, 6) is 0. The van der Waals surface area contributed by atoms with Crippen molar-refractivity contribution in [2.45, 2.75) is 26.4 Å². The molecule has 2 aromatic heterocycles. The SMILES string of the molecule is CCn1ccc(=O)n(CCc2ccnn2C)c1=O. The first-order valence-corrected chi connectivity index (χ1v) is 5.90. The molecular weight excluding hydrogens is 232 g/mol. The predicted molar refractivity (Wildman–Crippen MR) is 67.5 cm³/mol. The van der Waals surface area contributed by atoms with E-state index in [1.165, 1.54) is 21.4 Å². The fourth-order valence-corrected chi connectivity index (χ4v) is 1.88. The lowest BCUT2D eigenvalue weighted by Gasteiger charge is -2.08. The van der Waals surface area contributed by atoms with Gasteiger partial charge in [-0.15, -0.1) is 0 Å². The Hall–Kier alpha value is -2.11. The predicted octanol–water partition coefficient (Wildman–Crippen LogP) is 0.00610. The minimum Gasteiger partial charge on any atom is -0.301 e. The van der Waals surface area contributed by atoms with Crippen LogP contribution < -0.4 is 11.2 Å². The summed E-state index contributed by atoms with van der Waals surface area (Å²) in [5, 5.41) is 4.05. The Bertz CT molecular complexity index is 651. The molecule has 0 unspecified atom stereocenters. The summed E-state index contributed by atoms with van der Waals surface area (Å²) in [7, 11) is 1.84. The molecule has 0 atom stereocenters.